The summed E-state index contributed by atoms with van der Waals surface area (Å²) < 4.78 is 6.23. The Kier molecular flexibility index (Phi) is 7.29. The molecule has 3 heterocycles. The number of benzene rings is 2. The molecular formula is C31H38N4O. The summed E-state index contributed by atoms with van der Waals surface area (Å²) in [6, 6.07) is 22.5. The van der Waals surface area contributed by atoms with E-state index in [1.54, 1.807) is 0 Å². The van der Waals surface area contributed by atoms with E-state index in [4.69, 9.17) is 14.7 Å². The zero-order valence-corrected chi connectivity index (χ0v) is 21.2. The summed E-state index contributed by atoms with van der Waals surface area (Å²) in [7, 11) is 0. The maximum atomic E-state index is 6.23. The van der Waals surface area contributed by atoms with Crippen LogP contribution >= 0.6 is 0 Å². The van der Waals surface area contributed by atoms with Gasteiger partial charge >= 0.3 is 6.01 Å². The van der Waals surface area contributed by atoms with Gasteiger partial charge in [0.05, 0.1) is 18.0 Å². The highest BCUT2D eigenvalue weighted by Crippen LogP contribution is 2.42. The van der Waals surface area contributed by atoms with E-state index in [-0.39, 0.29) is 0 Å². The Morgan fingerprint density at radius 2 is 1.69 bits per heavy atom. The molecule has 36 heavy (non-hydrogen) atoms. The lowest BCUT2D eigenvalue weighted by Crippen LogP contribution is -2.29. The second-order valence-corrected chi connectivity index (χ2v) is 10.9. The van der Waals surface area contributed by atoms with Crippen molar-refractivity contribution in [1.29, 1.82) is 0 Å². The van der Waals surface area contributed by atoms with E-state index in [9.17, 15) is 0 Å². The van der Waals surface area contributed by atoms with E-state index in [0.29, 0.717) is 30.4 Å². The molecule has 1 unspecified atom stereocenters. The summed E-state index contributed by atoms with van der Waals surface area (Å²) in [6.07, 6.45) is 7.42. The number of aromatic nitrogens is 2. The Morgan fingerprint density at radius 1 is 0.889 bits per heavy atom. The second-order valence-electron chi connectivity index (χ2n) is 10.9. The fraction of sp³-hybridized carbons (Fsp3) is 0.484. The number of rotatable bonds is 8. The molecule has 1 atom stereocenters. The molecule has 2 aliphatic heterocycles. The smallest absolute Gasteiger partial charge is 0.317 e. The molecule has 5 heteroatoms. The quantitative estimate of drug-likeness (QED) is 0.441. The fourth-order valence-electron chi connectivity index (χ4n) is 6.01. The zero-order chi connectivity index (χ0) is 24.2. The van der Waals surface area contributed by atoms with Gasteiger partial charge in [-0.2, -0.15) is 9.97 Å². The Hall–Kier alpha value is -2.76. The molecule has 0 amide bonds. The third-order valence-electron chi connectivity index (χ3n) is 8.25. The molecule has 2 saturated heterocycles. The van der Waals surface area contributed by atoms with Crippen molar-refractivity contribution < 1.29 is 4.74 Å². The molecule has 3 fully saturated rings. The van der Waals surface area contributed by atoms with Crippen LogP contribution in [0.4, 0.5) is 0 Å². The van der Waals surface area contributed by atoms with Crippen LogP contribution < -0.4 is 10.1 Å². The van der Waals surface area contributed by atoms with E-state index >= 15 is 0 Å². The highest BCUT2D eigenvalue weighted by atomic mass is 16.5. The first-order valence-corrected chi connectivity index (χ1v) is 13.9. The predicted octanol–water partition coefficient (Wildman–Crippen LogP) is 5.78. The highest BCUT2D eigenvalue weighted by Gasteiger charge is 2.31. The minimum atomic E-state index is 0.424. The molecule has 2 aromatic carbocycles. The van der Waals surface area contributed by atoms with Crippen molar-refractivity contribution >= 4 is 0 Å². The first-order valence-electron chi connectivity index (χ1n) is 13.9. The number of likely N-dealkylation sites (tertiary alicyclic amines) is 1. The predicted molar refractivity (Wildman–Crippen MR) is 144 cm³/mol. The number of ether oxygens (including phenoxy) is 1. The Balaban J connectivity index is 1.06. The van der Waals surface area contributed by atoms with Gasteiger partial charge in [-0.15, -0.1) is 0 Å². The van der Waals surface area contributed by atoms with Crippen molar-refractivity contribution in [3.8, 4) is 17.3 Å². The van der Waals surface area contributed by atoms with E-state index in [1.165, 1.54) is 62.7 Å². The number of hydrogen-bond donors (Lipinski definition) is 1. The van der Waals surface area contributed by atoms with Crippen molar-refractivity contribution in [2.24, 2.45) is 5.92 Å². The molecule has 1 aliphatic carbocycles. The number of hydrogen-bond acceptors (Lipinski definition) is 5. The van der Waals surface area contributed by atoms with Crippen molar-refractivity contribution in [3.05, 3.63) is 77.5 Å². The summed E-state index contributed by atoms with van der Waals surface area (Å²) in [5.74, 6) is 1.65. The van der Waals surface area contributed by atoms with Gasteiger partial charge in [-0.3, -0.25) is 4.90 Å². The lowest BCUT2D eigenvalue weighted by molar-refractivity contribution is 0.149. The van der Waals surface area contributed by atoms with Gasteiger partial charge in [0.15, 0.2) is 0 Å². The van der Waals surface area contributed by atoms with Gasteiger partial charge in [-0.05, 0) is 87.2 Å². The zero-order valence-electron chi connectivity index (χ0n) is 21.2. The van der Waals surface area contributed by atoms with Crippen molar-refractivity contribution in [2.45, 2.75) is 56.9 Å². The van der Waals surface area contributed by atoms with E-state index in [0.717, 1.165) is 36.6 Å². The minimum Gasteiger partial charge on any atom is -0.463 e. The summed E-state index contributed by atoms with van der Waals surface area (Å²) in [4.78, 5) is 12.2. The van der Waals surface area contributed by atoms with Crippen LogP contribution in [0, 0.1) is 5.92 Å². The summed E-state index contributed by atoms with van der Waals surface area (Å²) in [6.45, 7) is 6.38. The maximum absolute atomic E-state index is 6.23. The van der Waals surface area contributed by atoms with Crippen molar-refractivity contribution in [3.63, 3.8) is 0 Å². The molecule has 1 saturated carbocycles. The van der Waals surface area contributed by atoms with Gasteiger partial charge in [0.1, 0.15) is 0 Å². The van der Waals surface area contributed by atoms with Gasteiger partial charge < -0.3 is 10.1 Å². The number of nitrogens with one attached hydrogen (secondary N) is 1. The van der Waals surface area contributed by atoms with Crippen LogP contribution in [0.2, 0.25) is 0 Å². The normalized spacial score (nSPS) is 24.4. The van der Waals surface area contributed by atoms with Crippen LogP contribution in [0.5, 0.6) is 6.01 Å². The molecule has 3 aromatic rings. The lowest BCUT2D eigenvalue weighted by atomic mass is 9.72. The topological polar surface area (TPSA) is 50.3 Å². The molecule has 188 valence electrons. The van der Waals surface area contributed by atoms with Crippen LogP contribution in [0.3, 0.4) is 0 Å². The third-order valence-corrected chi connectivity index (χ3v) is 8.25. The largest absolute Gasteiger partial charge is 0.463 e. The van der Waals surface area contributed by atoms with Gasteiger partial charge in [0, 0.05) is 24.6 Å². The standard InChI is InChI=1S/C31H38N4O/c1-2-7-26(8-3-1)29-19-30(27-9-6-14-32-20-27)34-31(33-29)36-22-24-17-28(18-24)25-12-10-23(11-13-25)21-35-15-4-5-16-35/h1-3,7-8,10-13,19,24,27-28,32H,4-6,9,14-18,20-22H2. The Bertz CT molecular complexity index is 1120. The lowest BCUT2D eigenvalue weighted by Gasteiger charge is -2.35. The third kappa shape index (κ3) is 5.63. The molecule has 0 bridgehead atoms. The molecule has 1 N–H and O–H groups in total. The second kappa shape index (κ2) is 11.1. The van der Waals surface area contributed by atoms with E-state index < -0.39 is 0 Å². The Morgan fingerprint density at radius 3 is 2.44 bits per heavy atom. The molecule has 0 spiro atoms. The molecule has 0 radical (unpaired) electrons. The van der Waals surface area contributed by atoms with E-state index in [1.807, 2.05) is 6.07 Å². The van der Waals surface area contributed by atoms with Crippen LogP contribution in [0.25, 0.3) is 11.3 Å². The van der Waals surface area contributed by atoms with Crippen molar-refractivity contribution in [1.82, 2.24) is 20.2 Å². The molecule has 5 nitrogen and oxygen atoms in total. The highest BCUT2D eigenvalue weighted by molar-refractivity contribution is 5.59. The van der Waals surface area contributed by atoms with Crippen LogP contribution in [-0.2, 0) is 6.54 Å². The summed E-state index contributed by atoms with van der Waals surface area (Å²) >= 11 is 0. The van der Waals surface area contributed by atoms with Crippen LogP contribution in [0.1, 0.15) is 67.2 Å². The minimum absolute atomic E-state index is 0.424. The molecule has 1 aromatic heterocycles. The van der Waals surface area contributed by atoms with Crippen LogP contribution in [-0.4, -0.2) is 47.7 Å². The average Bonchev–Trinajstić information content (AvgIpc) is 3.43. The Labute approximate surface area is 215 Å². The van der Waals surface area contributed by atoms with Gasteiger partial charge in [-0.25, -0.2) is 0 Å². The average molecular weight is 483 g/mol. The van der Waals surface area contributed by atoms with Crippen LogP contribution in [0.15, 0.2) is 60.7 Å². The maximum Gasteiger partial charge on any atom is 0.317 e. The first-order chi connectivity index (χ1) is 17.8. The number of nitrogens with zero attached hydrogens (tertiary/aromatic N) is 3. The monoisotopic (exact) mass is 482 g/mol. The summed E-state index contributed by atoms with van der Waals surface area (Å²) in [5, 5.41) is 3.52. The van der Waals surface area contributed by atoms with E-state index in [2.05, 4.69) is 64.8 Å². The first kappa shape index (κ1) is 23.6. The van der Waals surface area contributed by atoms with Gasteiger partial charge in [-0.1, -0.05) is 54.6 Å². The van der Waals surface area contributed by atoms with Gasteiger partial charge in [0.2, 0.25) is 0 Å². The summed E-state index contributed by atoms with van der Waals surface area (Å²) in [5.41, 5.74) is 6.10. The SMILES string of the molecule is c1ccc(-c2cc(C3CCCNC3)nc(OCC3CC(c4ccc(CN5CCCC5)cc4)C3)n2)cc1. The van der Waals surface area contributed by atoms with Gasteiger partial charge in [0.25, 0.3) is 0 Å². The molecule has 6 rings (SSSR count). The van der Waals surface area contributed by atoms with Crippen molar-refractivity contribution in [2.75, 3.05) is 32.8 Å². The molecule has 3 aliphatic rings. The molecular weight excluding hydrogens is 444 g/mol. The number of piperidine rings is 1. The fourth-order valence-corrected chi connectivity index (χ4v) is 6.01.